The Labute approximate surface area is 106 Å². The van der Waals surface area contributed by atoms with Gasteiger partial charge >= 0.3 is 0 Å². The number of nitrogens with one attached hydrogen (secondary N) is 1. The molecule has 2 rings (SSSR count). The van der Waals surface area contributed by atoms with E-state index in [-0.39, 0.29) is 11.9 Å². The van der Waals surface area contributed by atoms with Crippen molar-refractivity contribution in [1.29, 1.82) is 0 Å². The van der Waals surface area contributed by atoms with Crippen molar-refractivity contribution in [2.75, 3.05) is 0 Å². The molecule has 0 spiro atoms. The SMILES string of the molecule is NNC(CCc1ccco1)Cc1ccc(F)cc1. The second-order valence-electron chi connectivity index (χ2n) is 4.31. The Kier molecular flexibility index (Phi) is 4.50. The highest BCUT2D eigenvalue weighted by atomic mass is 19.1. The average Bonchev–Trinajstić information content (AvgIpc) is 2.90. The summed E-state index contributed by atoms with van der Waals surface area (Å²) in [6, 6.07) is 10.5. The topological polar surface area (TPSA) is 51.2 Å². The Bertz CT molecular complexity index is 453. The van der Waals surface area contributed by atoms with E-state index in [1.54, 1.807) is 18.4 Å². The van der Waals surface area contributed by atoms with Crippen molar-refractivity contribution in [1.82, 2.24) is 5.43 Å². The van der Waals surface area contributed by atoms with Gasteiger partial charge in [0.05, 0.1) is 6.26 Å². The van der Waals surface area contributed by atoms with Crippen LogP contribution in [0.2, 0.25) is 0 Å². The number of rotatable bonds is 6. The van der Waals surface area contributed by atoms with Crippen molar-refractivity contribution in [3.63, 3.8) is 0 Å². The summed E-state index contributed by atoms with van der Waals surface area (Å²) in [5.74, 6) is 6.27. The number of aryl methyl sites for hydroxylation is 1. The molecule has 2 aromatic rings. The standard InChI is InChI=1S/C14H17FN2O/c15-12-5-3-11(4-6-12)10-13(17-16)7-8-14-2-1-9-18-14/h1-6,9,13,17H,7-8,10,16H2. The smallest absolute Gasteiger partial charge is 0.123 e. The van der Waals surface area contributed by atoms with Crippen molar-refractivity contribution < 1.29 is 8.81 Å². The number of hydrazine groups is 1. The number of hydrogen-bond donors (Lipinski definition) is 2. The van der Waals surface area contributed by atoms with Gasteiger partial charge in [0.2, 0.25) is 0 Å². The number of halogens is 1. The number of hydrogen-bond acceptors (Lipinski definition) is 3. The first kappa shape index (κ1) is 12.8. The Morgan fingerprint density at radius 3 is 2.61 bits per heavy atom. The number of benzene rings is 1. The molecule has 1 aromatic heterocycles. The molecule has 1 atom stereocenters. The van der Waals surface area contributed by atoms with E-state index in [2.05, 4.69) is 5.43 Å². The second-order valence-corrected chi connectivity index (χ2v) is 4.31. The van der Waals surface area contributed by atoms with Gasteiger partial charge in [0, 0.05) is 12.5 Å². The quantitative estimate of drug-likeness (QED) is 0.609. The third kappa shape index (κ3) is 3.68. The third-order valence-corrected chi connectivity index (χ3v) is 2.95. The van der Waals surface area contributed by atoms with Crippen LogP contribution in [0.5, 0.6) is 0 Å². The van der Waals surface area contributed by atoms with Gasteiger partial charge < -0.3 is 4.42 Å². The zero-order valence-electron chi connectivity index (χ0n) is 10.1. The highest BCUT2D eigenvalue weighted by Gasteiger charge is 2.09. The zero-order chi connectivity index (χ0) is 12.8. The molecule has 1 aromatic carbocycles. The van der Waals surface area contributed by atoms with Crippen molar-refractivity contribution in [2.45, 2.75) is 25.3 Å². The number of nitrogens with two attached hydrogens (primary N) is 1. The molecule has 96 valence electrons. The van der Waals surface area contributed by atoms with E-state index >= 15 is 0 Å². The lowest BCUT2D eigenvalue weighted by Crippen LogP contribution is -2.37. The van der Waals surface area contributed by atoms with E-state index in [1.807, 2.05) is 12.1 Å². The van der Waals surface area contributed by atoms with E-state index in [0.29, 0.717) is 0 Å². The highest BCUT2D eigenvalue weighted by Crippen LogP contribution is 2.11. The predicted octanol–water partition coefficient (Wildman–Crippen LogP) is 2.43. The molecule has 3 nitrogen and oxygen atoms in total. The lowest BCUT2D eigenvalue weighted by Gasteiger charge is -2.15. The molecule has 0 radical (unpaired) electrons. The molecule has 0 saturated carbocycles. The van der Waals surface area contributed by atoms with Gasteiger partial charge in [-0.3, -0.25) is 11.3 Å². The van der Waals surface area contributed by atoms with Crippen LogP contribution in [0.3, 0.4) is 0 Å². The molecular formula is C14H17FN2O. The van der Waals surface area contributed by atoms with Crippen molar-refractivity contribution >= 4 is 0 Å². The fraction of sp³-hybridized carbons (Fsp3) is 0.286. The Morgan fingerprint density at radius 2 is 2.00 bits per heavy atom. The molecule has 0 bridgehead atoms. The maximum absolute atomic E-state index is 12.8. The van der Waals surface area contributed by atoms with Crippen LogP contribution >= 0.6 is 0 Å². The summed E-state index contributed by atoms with van der Waals surface area (Å²) in [6.07, 6.45) is 4.15. The minimum Gasteiger partial charge on any atom is -0.469 e. The Balaban J connectivity index is 1.87. The Morgan fingerprint density at radius 1 is 1.22 bits per heavy atom. The van der Waals surface area contributed by atoms with Gasteiger partial charge in [0.1, 0.15) is 11.6 Å². The Hall–Kier alpha value is -1.65. The predicted molar refractivity (Wildman–Crippen MR) is 68.2 cm³/mol. The molecule has 1 unspecified atom stereocenters. The monoisotopic (exact) mass is 248 g/mol. The maximum atomic E-state index is 12.8. The van der Waals surface area contributed by atoms with Crippen LogP contribution in [0, 0.1) is 5.82 Å². The fourth-order valence-electron chi connectivity index (χ4n) is 1.92. The van der Waals surface area contributed by atoms with E-state index in [4.69, 9.17) is 10.3 Å². The summed E-state index contributed by atoms with van der Waals surface area (Å²) in [7, 11) is 0. The highest BCUT2D eigenvalue weighted by molar-refractivity contribution is 5.17. The van der Waals surface area contributed by atoms with Crippen LogP contribution in [-0.4, -0.2) is 6.04 Å². The lowest BCUT2D eigenvalue weighted by atomic mass is 10.0. The minimum atomic E-state index is -0.216. The summed E-state index contributed by atoms with van der Waals surface area (Å²) in [4.78, 5) is 0. The van der Waals surface area contributed by atoms with E-state index in [1.165, 1.54) is 12.1 Å². The van der Waals surface area contributed by atoms with Gasteiger partial charge in [-0.1, -0.05) is 12.1 Å². The lowest BCUT2D eigenvalue weighted by molar-refractivity contribution is 0.447. The van der Waals surface area contributed by atoms with Crippen molar-refractivity contribution in [3.05, 3.63) is 59.8 Å². The van der Waals surface area contributed by atoms with Crippen molar-refractivity contribution in [3.8, 4) is 0 Å². The molecule has 0 amide bonds. The van der Waals surface area contributed by atoms with Crippen LogP contribution in [0.15, 0.2) is 47.1 Å². The zero-order valence-corrected chi connectivity index (χ0v) is 10.1. The summed E-state index contributed by atoms with van der Waals surface area (Å²) >= 11 is 0. The summed E-state index contributed by atoms with van der Waals surface area (Å²) in [5, 5.41) is 0. The fourth-order valence-corrected chi connectivity index (χ4v) is 1.92. The van der Waals surface area contributed by atoms with Crippen LogP contribution in [-0.2, 0) is 12.8 Å². The van der Waals surface area contributed by atoms with E-state index < -0.39 is 0 Å². The van der Waals surface area contributed by atoms with Gasteiger partial charge in [-0.2, -0.15) is 0 Å². The largest absolute Gasteiger partial charge is 0.469 e. The molecule has 0 aliphatic carbocycles. The molecule has 18 heavy (non-hydrogen) atoms. The first-order valence-electron chi connectivity index (χ1n) is 6.01. The van der Waals surface area contributed by atoms with Gasteiger partial charge in [-0.15, -0.1) is 0 Å². The number of furan rings is 1. The van der Waals surface area contributed by atoms with Crippen LogP contribution in [0.25, 0.3) is 0 Å². The molecule has 4 heteroatoms. The van der Waals surface area contributed by atoms with Gasteiger partial charge in [0.15, 0.2) is 0 Å². The van der Waals surface area contributed by atoms with E-state index in [9.17, 15) is 4.39 Å². The molecule has 0 saturated heterocycles. The van der Waals surface area contributed by atoms with E-state index in [0.717, 1.165) is 30.6 Å². The van der Waals surface area contributed by atoms with Gasteiger partial charge in [-0.25, -0.2) is 4.39 Å². The van der Waals surface area contributed by atoms with Crippen LogP contribution < -0.4 is 11.3 Å². The molecule has 0 fully saturated rings. The first-order chi connectivity index (χ1) is 8.78. The van der Waals surface area contributed by atoms with Crippen LogP contribution in [0.1, 0.15) is 17.7 Å². The first-order valence-corrected chi connectivity index (χ1v) is 6.01. The molecule has 0 aliphatic rings. The molecule has 1 heterocycles. The molecule has 3 N–H and O–H groups in total. The minimum absolute atomic E-state index is 0.153. The second kappa shape index (κ2) is 6.33. The molecule has 0 aliphatic heterocycles. The summed E-state index contributed by atoms with van der Waals surface area (Å²) < 4.78 is 18.1. The van der Waals surface area contributed by atoms with Crippen LogP contribution in [0.4, 0.5) is 4.39 Å². The van der Waals surface area contributed by atoms with Gasteiger partial charge in [-0.05, 0) is 42.7 Å². The maximum Gasteiger partial charge on any atom is 0.123 e. The van der Waals surface area contributed by atoms with Gasteiger partial charge in [0.25, 0.3) is 0 Å². The molecular weight excluding hydrogens is 231 g/mol. The van der Waals surface area contributed by atoms with Crippen molar-refractivity contribution in [2.24, 2.45) is 5.84 Å². The summed E-state index contributed by atoms with van der Waals surface area (Å²) in [6.45, 7) is 0. The summed E-state index contributed by atoms with van der Waals surface area (Å²) in [5.41, 5.74) is 3.86. The normalized spacial score (nSPS) is 12.6. The third-order valence-electron chi connectivity index (χ3n) is 2.95. The average molecular weight is 248 g/mol.